The SMILES string of the molecule is CSC1CCC(NCc2ncc[nH]2)C1. The van der Waals surface area contributed by atoms with Crippen molar-refractivity contribution < 1.29 is 0 Å². The fraction of sp³-hybridized carbons (Fsp3) is 0.700. The van der Waals surface area contributed by atoms with E-state index in [4.69, 9.17) is 0 Å². The quantitative estimate of drug-likeness (QED) is 0.797. The minimum atomic E-state index is 0.692. The summed E-state index contributed by atoms with van der Waals surface area (Å²) in [5.41, 5.74) is 0. The average molecular weight is 211 g/mol. The molecular weight excluding hydrogens is 194 g/mol. The molecule has 0 aliphatic heterocycles. The second-order valence-corrected chi connectivity index (χ2v) is 4.92. The van der Waals surface area contributed by atoms with Crippen LogP contribution >= 0.6 is 11.8 Å². The van der Waals surface area contributed by atoms with Crippen molar-refractivity contribution in [1.82, 2.24) is 15.3 Å². The molecule has 2 N–H and O–H groups in total. The molecule has 14 heavy (non-hydrogen) atoms. The first-order valence-corrected chi connectivity index (χ1v) is 6.41. The van der Waals surface area contributed by atoms with Gasteiger partial charge in [0.05, 0.1) is 6.54 Å². The molecule has 0 saturated heterocycles. The van der Waals surface area contributed by atoms with Crippen LogP contribution in [0.1, 0.15) is 25.1 Å². The second kappa shape index (κ2) is 4.84. The predicted molar refractivity (Wildman–Crippen MR) is 60.4 cm³/mol. The number of rotatable bonds is 4. The minimum absolute atomic E-state index is 0.692. The Kier molecular flexibility index (Phi) is 3.48. The molecule has 1 fully saturated rings. The molecule has 2 rings (SSSR count). The summed E-state index contributed by atoms with van der Waals surface area (Å²) in [6, 6.07) is 0.692. The summed E-state index contributed by atoms with van der Waals surface area (Å²) in [7, 11) is 0. The van der Waals surface area contributed by atoms with E-state index in [-0.39, 0.29) is 0 Å². The molecule has 0 amide bonds. The maximum atomic E-state index is 4.19. The second-order valence-electron chi connectivity index (χ2n) is 3.78. The maximum absolute atomic E-state index is 4.19. The van der Waals surface area contributed by atoms with Gasteiger partial charge in [0.1, 0.15) is 5.82 Å². The van der Waals surface area contributed by atoms with Gasteiger partial charge in [-0.2, -0.15) is 11.8 Å². The monoisotopic (exact) mass is 211 g/mol. The fourth-order valence-corrected chi connectivity index (χ4v) is 2.77. The summed E-state index contributed by atoms with van der Waals surface area (Å²) in [5, 5.41) is 4.41. The van der Waals surface area contributed by atoms with E-state index in [9.17, 15) is 0 Å². The van der Waals surface area contributed by atoms with Gasteiger partial charge in [0.15, 0.2) is 0 Å². The lowest BCUT2D eigenvalue weighted by Crippen LogP contribution is -2.26. The Morgan fingerprint density at radius 1 is 1.64 bits per heavy atom. The van der Waals surface area contributed by atoms with Crippen molar-refractivity contribution in [1.29, 1.82) is 0 Å². The van der Waals surface area contributed by atoms with Gasteiger partial charge in [0.2, 0.25) is 0 Å². The van der Waals surface area contributed by atoms with Gasteiger partial charge in [-0.25, -0.2) is 4.98 Å². The normalized spacial score (nSPS) is 26.9. The smallest absolute Gasteiger partial charge is 0.120 e. The zero-order valence-electron chi connectivity index (χ0n) is 8.49. The average Bonchev–Trinajstić information content (AvgIpc) is 2.86. The van der Waals surface area contributed by atoms with E-state index in [1.54, 1.807) is 6.20 Å². The number of aromatic amines is 1. The zero-order chi connectivity index (χ0) is 9.80. The van der Waals surface area contributed by atoms with Crippen molar-refractivity contribution >= 4 is 11.8 Å². The fourth-order valence-electron chi connectivity index (χ4n) is 1.98. The van der Waals surface area contributed by atoms with Crippen LogP contribution in [0.25, 0.3) is 0 Å². The van der Waals surface area contributed by atoms with Crippen molar-refractivity contribution in [3.63, 3.8) is 0 Å². The highest BCUT2D eigenvalue weighted by Crippen LogP contribution is 2.28. The molecule has 1 heterocycles. The summed E-state index contributed by atoms with van der Waals surface area (Å²) in [5.74, 6) is 1.04. The Morgan fingerprint density at radius 3 is 3.21 bits per heavy atom. The van der Waals surface area contributed by atoms with E-state index in [0.29, 0.717) is 6.04 Å². The molecule has 0 aromatic carbocycles. The van der Waals surface area contributed by atoms with Crippen LogP contribution in [0, 0.1) is 0 Å². The first-order valence-electron chi connectivity index (χ1n) is 5.13. The number of H-pyrrole nitrogens is 1. The number of hydrogen-bond donors (Lipinski definition) is 2. The largest absolute Gasteiger partial charge is 0.348 e. The summed E-state index contributed by atoms with van der Waals surface area (Å²) in [6.07, 6.45) is 9.86. The Morgan fingerprint density at radius 2 is 2.57 bits per heavy atom. The van der Waals surface area contributed by atoms with E-state index in [1.807, 2.05) is 18.0 Å². The van der Waals surface area contributed by atoms with E-state index < -0.39 is 0 Å². The van der Waals surface area contributed by atoms with Crippen molar-refractivity contribution in [2.45, 2.75) is 37.1 Å². The van der Waals surface area contributed by atoms with Crippen LogP contribution in [-0.4, -0.2) is 27.5 Å². The van der Waals surface area contributed by atoms with Crippen LogP contribution in [0.3, 0.4) is 0 Å². The Labute approximate surface area is 89.1 Å². The van der Waals surface area contributed by atoms with Crippen LogP contribution in [0.15, 0.2) is 12.4 Å². The van der Waals surface area contributed by atoms with Crippen molar-refractivity contribution in [2.75, 3.05) is 6.26 Å². The van der Waals surface area contributed by atoms with Gasteiger partial charge in [0.25, 0.3) is 0 Å². The molecule has 2 unspecified atom stereocenters. The van der Waals surface area contributed by atoms with Crippen LogP contribution < -0.4 is 5.32 Å². The Hall–Kier alpha value is -0.480. The van der Waals surface area contributed by atoms with Crippen LogP contribution in [-0.2, 0) is 6.54 Å². The Balaban J connectivity index is 1.72. The highest BCUT2D eigenvalue weighted by atomic mass is 32.2. The van der Waals surface area contributed by atoms with Gasteiger partial charge in [-0.05, 0) is 25.5 Å². The maximum Gasteiger partial charge on any atom is 0.120 e. The van der Waals surface area contributed by atoms with E-state index in [2.05, 4.69) is 21.5 Å². The van der Waals surface area contributed by atoms with Crippen LogP contribution in [0.4, 0.5) is 0 Å². The molecule has 0 bridgehead atoms. The van der Waals surface area contributed by atoms with Crippen LogP contribution in [0.2, 0.25) is 0 Å². The molecule has 3 nitrogen and oxygen atoms in total. The summed E-state index contributed by atoms with van der Waals surface area (Å²) < 4.78 is 0. The van der Waals surface area contributed by atoms with Gasteiger partial charge in [-0.3, -0.25) is 0 Å². The van der Waals surface area contributed by atoms with Gasteiger partial charge >= 0.3 is 0 Å². The lowest BCUT2D eigenvalue weighted by atomic mass is 10.2. The third-order valence-corrected chi connectivity index (χ3v) is 3.93. The molecule has 0 spiro atoms. The van der Waals surface area contributed by atoms with Gasteiger partial charge in [-0.15, -0.1) is 0 Å². The molecular formula is C10H17N3S. The molecule has 1 saturated carbocycles. The highest BCUT2D eigenvalue weighted by molar-refractivity contribution is 7.99. The third kappa shape index (κ3) is 2.51. The number of thioether (sulfide) groups is 1. The summed E-state index contributed by atoms with van der Waals surface area (Å²) in [4.78, 5) is 7.30. The number of nitrogens with one attached hydrogen (secondary N) is 2. The van der Waals surface area contributed by atoms with Gasteiger partial charge in [-0.1, -0.05) is 0 Å². The summed E-state index contributed by atoms with van der Waals surface area (Å²) >= 11 is 2.00. The number of aromatic nitrogens is 2. The molecule has 4 heteroatoms. The topological polar surface area (TPSA) is 40.7 Å². The number of hydrogen-bond acceptors (Lipinski definition) is 3. The van der Waals surface area contributed by atoms with E-state index in [0.717, 1.165) is 17.6 Å². The first-order chi connectivity index (χ1) is 6.88. The molecule has 0 radical (unpaired) electrons. The Bertz CT molecular complexity index is 260. The standard InChI is InChI=1S/C10H17N3S/c1-14-9-3-2-8(6-9)13-7-10-11-4-5-12-10/h4-5,8-9,13H,2-3,6-7H2,1H3,(H,11,12). The molecule has 1 aliphatic rings. The summed E-state index contributed by atoms with van der Waals surface area (Å²) in [6.45, 7) is 0.874. The van der Waals surface area contributed by atoms with Crippen molar-refractivity contribution in [2.24, 2.45) is 0 Å². The molecule has 1 aromatic rings. The molecule has 2 atom stereocenters. The lowest BCUT2D eigenvalue weighted by Gasteiger charge is -2.11. The van der Waals surface area contributed by atoms with E-state index >= 15 is 0 Å². The van der Waals surface area contributed by atoms with Crippen molar-refractivity contribution in [3.8, 4) is 0 Å². The molecule has 1 aliphatic carbocycles. The highest BCUT2D eigenvalue weighted by Gasteiger charge is 2.23. The number of imidazole rings is 1. The van der Waals surface area contributed by atoms with Crippen LogP contribution in [0.5, 0.6) is 0 Å². The van der Waals surface area contributed by atoms with Crippen molar-refractivity contribution in [3.05, 3.63) is 18.2 Å². The van der Waals surface area contributed by atoms with Gasteiger partial charge in [0, 0.05) is 23.7 Å². The number of nitrogens with zero attached hydrogens (tertiary/aromatic N) is 1. The van der Waals surface area contributed by atoms with Gasteiger partial charge < -0.3 is 10.3 Å². The first kappa shape index (κ1) is 10.1. The predicted octanol–water partition coefficient (Wildman–Crippen LogP) is 1.78. The minimum Gasteiger partial charge on any atom is -0.348 e. The molecule has 78 valence electrons. The van der Waals surface area contributed by atoms with E-state index in [1.165, 1.54) is 19.3 Å². The lowest BCUT2D eigenvalue weighted by molar-refractivity contribution is 0.516. The molecule has 1 aromatic heterocycles. The third-order valence-electron chi connectivity index (χ3n) is 2.83. The zero-order valence-corrected chi connectivity index (χ0v) is 9.31.